The van der Waals surface area contributed by atoms with E-state index in [1.807, 2.05) is 24.2 Å². The van der Waals surface area contributed by atoms with Crippen LogP contribution in [-0.2, 0) is 4.79 Å². The first-order chi connectivity index (χ1) is 16.1. The third kappa shape index (κ3) is 5.35. The first kappa shape index (κ1) is 25.1. The molecule has 1 N–H and O–H groups in total. The lowest BCUT2D eigenvalue weighted by Gasteiger charge is -2.38. The quantitative estimate of drug-likeness (QED) is 0.219. The summed E-state index contributed by atoms with van der Waals surface area (Å²) in [6.45, 7) is 3.83. The Kier molecular flexibility index (Phi) is 7.85. The lowest BCUT2D eigenvalue weighted by Crippen LogP contribution is -2.49. The minimum Gasteiger partial charge on any atom is -0.484 e. The van der Waals surface area contributed by atoms with Crippen LogP contribution in [0.2, 0.25) is 0 Å². The van der Waals surface area contributed by atoms with Crippen LogP contribution in [0.5, 0.6) is 5.75 Å². The summed E-state index contributed by atoms with van der Waals surface area (Å²) in [5.74, 6) is -11.3. The van der Waals surface area contributed by atoms with Crippen molar-refractivity contribution in [2.24, 2.45) is 5.10 Å². The Morgan fingerprint density at radius 2 is 1.50 bits per heavy atom. The van der Waals surface area contributed by atoms with Crippen molar-refractivity contribution in [3.63, 3.8) is 0 Å². The number of piperidine rings is 1. The van der Waals surface area contributed by atoms with Crippen LogP contribution in [-0.4, -0.2) is 41.6 Å². The number of nitrogens with one attached hydrogen (secondary N) is 1. The molecular weight excluding hydrogens is 461 g/mol. The van der Waals surface area contributed by atoms with Crippen LogP contribution in [0.1, 0.15) is 49.0 Å². The summed E-state index contributed by atoms with van der Waals surface area (Å²) in [5.41, 5.74) is 0.721. The van der Waals surface area contributed by atoms with Crippen molar-refractivity contribution in [3.05, 3.63) is 64.5 Å². The van der Waals surface area contributed by atoms with E-state index in [1.165, 1.54) is 24.3 Å². The molecule has 0 aliphatic carbocycles. The van der Waals surface area contributed by atoms with Gasteiger partial charge in [-0.1, -0.05) is 0 Å². The maximum atomic E-state index is 13.6. The molecule has 2 aromatic carbocycles. The van der Waals surface area contributed by atoms with Gasteiger partial charge in [-0.15, -0.1) is 0 Å². The van der Waals surface area contributed by atoms with E-state index >= 15 is 0 Å². The van der Waals surface area contributed by atoms with E-state index in [0.29, 0.717) is 12.0 Å². The molecule has 6 nitrogen and oxygen atoms in total. The summed E-state index contributed by atoms with van der Waals surface area (Å²) in [6, 6.07) is 5.87. The second kappa shape index (κ2) is 10.6. The van der Waals surface area contributed by atoms with Crippen molar-refractivity contribution in [2.75, 3.05) is 6.61 Å². The van der Waals surface area contributed by atoms with Gasteiger partial charge in [0, 0.05) is 17.6 Å². The monoisotopic (exact) mass is 483 g/mol. The predicted octanol–water partition coefficient (Wildman–Crippen LogP) is 4.31. The van der Waals surface area contributed by atoms with Gasteiger partial charge in [-0.3, -0.25) is 9.59 Å². The SMILES string of the molecule is CC1CCCC(C)N1C(=O)COc1ccc(C(=O)NN=Cc2c(F)c(F)c(F)c(F)c2F)cc1. The number of amides is 2. The highest BCUT2D eigenvalue weighted by molar-refractivity contribution is 5.95. The molecule has 0 bridgehead atoms. The van der Waals surface area contributed by atoms with Gasteiger partial charge in [0.15, 0.2) is 29.9 Å². The molecule has 2 atom stereocenters. The van der Waals surface area contributed by atoms with E-state index in [4.69, 9.17) is 4.74 Å². The zero-order chi connectivity index (χ0) is 25.0. The third-order valence-electron chi connectivity index (χ3n) is 5.56. The van der Waals surface area contributed by atoms with Gasteiger partial charge in [0.2, 0.25) is 5.82 Å². The van der Waals surface area contributed by atoms with Crippen molar-refractivity contribution < 1.29 is 36.3 Å². The molecule has 3 rings (SSSR count). The number of hydrogen-bond acceptors (Lipinski definition) is 4. The highest BCUT2D eigenvalue weighted by Crippen LogP contribution is 2.23. The Hall–Kier alpha value is -3.50. The normalized spacial score (nSPS) is 18.3. The molecule has 34 heavy (non-hydrogen) atoms. The number of carbonyl (C=O) groups is 2. The zero-order valence-electron chi connectivity index (χ0n) is 18.4. The maximum absolute atomic E-state index is 13.6. The van der Waals surface area contributed by atoms with Crippen LogP contribution >= 0.6 is 0 Å². The van der Waals surface area contributed by atoms with Crippen molar-refractivity contribution in [1.82, 2.24) is 10.3 Å². The Labute approximate surface area is 192 Å². The van der Waals surface area contributed by atoms with Crippen molar-refractivity contribution in [1.29, 1.82) is 0 Å². The van der Waals surface area contributed by atoms with Crippen molar-refractivity contribution in [3.8, 4) is 5.75 Å². The van der Waals surface area contributed by atoms with E-state index in [9.17, 15) is 31.5 Å². The number of likely N-dealkylation sites (tertiary alicyclic amines) is 1. The van der Waals surface area contributed by atoms with Gasteiger partial charge in [-0.25, -0.2) is 27.4 Å². The van der Waals surface area contributed by atoms with Gasteiger partial charge in [0.1, 0.15) is 5.75 Å². The molecule has 0 radical (unpaired) electrons. The number of carbonyl (C=O) groups excluding carboxylic acids is 2. The van der Waals surface area contributed by atoms with Crippen molar-refractivity contribution in [2.45, 2.75) is 45.2 Å². The summed E-state index contributed by atoms with van der Waals surface area (Å²) in [6.07, 6.45) is 3.27. The van der Waals surface area contributed by atoms with E-state index in [0.717, 1.165) is 19.3 Å². The summed E-state index contributed by atoms with van der Waals surface area (Å²) >= 11 is 0. The number of benzene rings is 2. The Bertz CT molecular complexity index is 1070. The Morgan fingerprint density at radius 1 is 0.971 bits per heavy atom. The molecule has 2 aromatic rings. The molecule has 1 saturated heterocycles. The molecule has 1 aliphatic heterocycles. The maximum Gasteiger partial charge on any atom is 0.271 e. The molecule has 182 valence electrons. The molecular formula is C23H22F5N3O3. The van der Waals surface area contributed by atoms with Gasteiger partial charge in [-0.2, -0.15) is 5.10 Å². The molecule has 2 unspecified atom stereocenters. The number of hydrogen-bond donors (Lipinski definition) is 1. The number of rotatable bonds is 6. The summed E-state index contributed by atoms with van der Waals surface area (Å²) in [7, 11) is 0. The van der Waals surface area contributed by atoms with Crippen LogP contribution in [0.3, 0.4) is 0 Å². The first-order valence-corrected chi connectivity index (χ1v) is 10.5. The lowest BCUT2D eigenvalue weighted by atomic mass is 9.97. The lowest BCUT2D eigenvalue weighted by molar-refractivity contribution is -0.139. The standard InChI is InChI=1S/C23H22F5N3O3/c1-12-4-3-5-13(2)31(12)17(32)11-34-15-8-6-14(7-9-15)23(33)30-29-10-16-18(24)20(26)22(28)21(27)19(16)25/h6-10,12-13H,3-5,11H2,1-2H3,(H,30,33). The molecule has 0 aromatic heterocycles. The van der Waals surface area contributed by atoms with Crippen LogP contribution in [0.15, 0.2) is 29.4 Å². The Morgan fingerprint density at radius 3 is 2.06 bits per heavy atom. The highest BCUT2D eigenvalue weighted by Gasteiger charge is 2.29. The van der Waals surface area contributed by atoms with E-state index < -0.39 is 40.6 Å². The number of hydrazone groups is 1. The molecule has 1 aliphatic rings. The fourth-order valence-electron chi connectivity index (χ4n) is 3.79. The summed E-state index contributed by atoms with van der Waals surface area (Å²) < 4.78 is 72.2. The smallest absolute Gasteiger partial charge is 0.271 e. The van der Waals surface area contributed by atoms with Gasteiger partial charge >= 0.3 is 0 Å². The predicted molar refractivity (Wildman–Crippen MR) is 113 cm³/mol. The van der Waals surface area contributed by atoms with Gasteiger partial charge < -0.3 is 9.64 Å². The fraction of sp³-hybridized carbons (Fsp3) is 0.348. The average molecular weight is 483 g/mol. The first-order valence-electron chi connectivity index (χ1n) is 10.5. The van der Waals surface area contributed by atoms with E-state index in [-0.39, 0.29) is 30.2 Å². The number of halogens is 5. The minimum atomic E-state index is -2.29. The van der Waals surface area contributed by atoms with Gasteiger partial charge in [0.05, 0.1) is 11.8 Å². The summed E-state index contributed by atoms with van der Waals surface area (Å²) in [4.78, 5) is 26.5. The molecule has 2 amide bonds. The van der Waals surface area contributed by atoms with Crippen molar-refractivity contribution >= 4 is 18.0 Å². The average Bonchev–Trinajstić information content (AvgIpc) is 2.82. The summed E-state index contributed by atoms with van der Waals surface area (Å²) in [5, 5.41) is 3.26. The molecule has 1 heterocycles. The van der Waals surface area contributed by atoms with Crippen LogP contribution in [0.4, 0.5) is 22.0 Å². The number of ether oxygens (including phenoxy) is 1. The second-order valence-electron chi connectivity index (χ2n) is 7.93. The molecule has 0 spiro atoms. The van der Waals surface area contributed by atoms with Gasteiger partial charge in [-0.05, 0) is 57.4 Å². The molecule has 0 saturated carbocycles. The largest absolute Gasteiger partial charge is 0.484 e. The molecule has 11 heteroatoms. The third-order valence-corrected chi connectivity index (χ3v) is 5.56. The fourth-order valence-corrected chi connectivity index (χ4v) is 3.79. The topological polar surface area (TPSA) is 71.0 Å². The second-order valence-corrected chi connectivity index (χ2v) is 7.93. The van der Waals surface area contributed by atoms with Crippen LogP contribution < -0.4 is 10.2 Å². The minimum absolute atomic E-state index is 0.0755. The zero-order valence-corrected chi connectivity index (χ0v) is 18.4. The van der Waals surface area contributed by atoms with E-state index in [1.54, 1.807) is 0 Å². The highest BCUT2D eigenvalue weighted by atomic mass is 19.2. The molecule has 1 fully saturated rings. The van der Waals surface area contributed by atoms with Gasteiger partial charge in [0.25, 0.3) is 11.8 Å². The number of nitrogens with zero attached hydrogens (tertiary/aromatic N) is 2. The van der Waals surface area contributed by atoms with E-state index in [2.05, 4.69) is 5.10 Å². The Balaban J connectivity index is 1.58. The van der Waals surface area contributed by atoms with Crippen LogP contribution in [0, 0.1) is 29.1 Å². The van der Waals surface area contributed by atoms with Crippen LogP contribution in [0.25, 0.3) is 0 Å².